The van der Waals surface area contributed by atoms with Gasteiger partial charge in [0.05, 0.1) is 10.9 Å². The lowest BCUT2D eigenvalue weighted by Gasteiger charge is -2.13. The zero-order valence-electron chi connectivity index (χ0n) is 11.8. The van der Waals surface area contributed by atoms with Crippen molar-refractivity contribution >= 4 is 22.6 Å². The fraction of sp³-hybridized carbons (Fsp3) is 0.533. The summed E-state index contributed by atoms with van der Waals surface area (Å²) in [5.74, 6) is -0.180. The Kier molecular flexibility index (Phi) is 4.13. The van der Waals surface area contributed by atoms with E-state index >= 15 is 0 Å². The Morgan fingerprint density at radius 3 is 2.95 bits per heavy atom. The van der Waals surface area contributed by atoms with Gasteiger partial charge in [0.2, 0.25) is 0 Å². The molecular weight excluding hydrogens is 298 g/mol. The topological polar surface area (TPSA) is 27.1 Å². The Morgan fingerprint density at radius 2 is 2.29 bits per heavy atom. The quantitative estimate of drug-likeness (QED) is 0.796. The van der Waals surface area contributed by atoms with Gasteiger partial charge in [0.1, 0.15) is 17.2 Å². The lowest BCUT2D eigenvalue weighted by Crippen LogP contribution is -2.09. The Balaban J connectivity index is 1.98. The van der Waals surface area contributed by atoms with Gasteiger partial charge in [-0.3, -0.25) is 0 Å². The predicted octanol–water partition coefficient (Wildman–Crippen LogP) is 4.04. The van der Waals surface area contributed by atoms with Crippen LogP contribution in [0.3, 0.4) is 0 Å². The highest BCUT2D eigenvalue weighted by atomic mass is 35.5. The van der Waals surface area contributed by atoms with Crippen molar-refractivity contribution in [3.63, 3.8) is 0 Å². The van der Waals surface area contributed by atoms with Gasteiger partial charge in [-0.05, 0) is 31.7 Å². The molecule has 1 fully saturated rings. The highest BCUT2D eigenvalue weighted by Crippen LogP contribution is 2.28. The first-order valence-electron chi connectivity index (χ1n) is 7.13. The van der Waals surface area contributed by atoms with Gasteiger partial charge < -0.3 is 9.30 Å². The number of nitrogens with zero attached hydrogens (tertiary/aromatic N) is 2. The number of ether oxygens (including phenoxy) is 1. The van der Waals surface area contributed by atoms with Crippen LogP contribution in [-0.2, 0) is 11.3 Å². The average molecular weight is 315 g/mol. The van der Waals surface area contributed by atoms with Crippen LogP contribution in [0, 0.1) is 17.6 Å². The fourth-order valence-electron chi connectivity index (χ4n) is 2.83. The number of hydrogen-bond donors (Lipinski definition) is 0. The van der Waals surface area contributed by atoms with Crippen molar-refractivity contribution in [3.05, 3.63) is 29.6 Å². The van der Waals surface area contributed by atoms with E-state index in [-0.39, 0.29) is 10.9 Å². The number of fused-ring (bicyclic) bond motifs is 1. The van der Waals surface area contributed by atoms with Crippen LogP contribution in [-0.4, -0.2) is 22.8 Å². The molecule has 1 aliphatic heterocycles. The van der Waals surface area contributed by atoms with Gasteiger partial charge in [-0.25, -0.2) is 13.8 Å². The van der Waals surface area contributed by atoms with Crippen LogP contribution in [0.4, 0.5) is 8.78 Å². The fourth-order valence-corrected chi connectivity index (χ4v) is 3.00. The van der Waals surface area contributed by atoms with E-state index in [1.807, 2.05) is 4.57 Å². The third kappa shape index (κ3) is 2.90. The number of alkyl halides is 1. The van der Waals surface area contributed by atoms with E-state index in [4.69, 9.17) is 16.3 Å². The highest BCUT2D eigenvalue weighted by Gasteiger charge is 2.21. The maximum atomic E-state index is 13.9. The second kappa shape index (κ2) is 5.89. The van der Waals surface area contributed by atoms with Gasteiger partial charge in [0.15, 0.2) is 5.82 Å². The first-order valence-corrected chi connectivity index (χ1v) is 7.57. The van der Waals surface area contributed by atoms with Crippen LogP contribution in [0.5, 0.6) is 0 Å². The van der Waals surface area contributed by atoms with E-state index in [9.17, 15) is 8.78 Å². The van der Waals surface area contributed by atoms with Crippen molar-refractivity contribution in [2.75, 3.05) is 13.2 Å². The molecule has 1 saturated heterocycles. The van der Waals surface area contributed by atoms with Gasteiger partial charge in [-0.2, -0.15) is 0 Å². The number of rotatable bonds is 4. The molecule has 0 bridgehead atoms. The van der Waals surface area contributed by atoms with E-state index in [0.717, 1.165) is 32.1 Å². The van der Waals surface area contributed by atoms with Gasteiger partial charge in [0, 0.05) is 25.8 Å². The summed E-state index contributed by atoms with van der Waals surface area (Å²) >= 11 is 6.14. The van der Waals surface area contributed by atoms with Crippen molar-refractivity contribution in [1.82, 2.24) is 9.55 Å². The Bertz CT molecular complexity index is 651. The van der Waals surface area contributed by atoms with Crippen molar-refractivity contribution in [1.29, 1.82) is 0 Å². The molecule has 1 aromatic carbocycles. The summed E-state index contributed by atoms with van der Waals surface area (Å²) in [7, 11) is 0. The van der Waals surface area contributed by atoms with Crippen LogP contribution in [0.2, 0.25) is 0 Å². The largest absolute Gasteiger partial charge is 0.381 e. The van der Waals surface area contributed by atoms with Crippen LogP contribution in [0.15, 0.2) is 12.1 Å². The molecule has 0 radical (unpaired) electrons. The molecular formula is C15H17ClF2N2O. The predicted molar refractivity (Wildman–Crippen MR) is 77.5 cm³/mol. The first-order chi connectivity index (χ1) is 10.1. The summed E-state index contributed by atoms with van der Waals surface area (Å²) in [4.78, 5) is 4.26. The van der Waals surface area contributed by atoms with Crippen molar-refractivity contribution in [3.8, 4) is 0 Å². The number of aromatic nitrogens is 2. The molecule has 0 amide bonds. The zero-order chi connectivity index (χ0) is 15.0. The lowest BCUT2D eigenvalue weighted by molar-refractivity contribution is 0.183. The molecule has 3 rings (SSSR count). The van der Waals surface area contributed by atoms with Gasteiger partial charge in [-0.15, -0.1) is 11.6 Å². The summed E-state index contributed by atoms with van der Waals surface area (Å²) in [5, 5.41) is -0.361. The highest BCUT2D eigenvalue weighted by molar-refractivity contribution is 6.20. The molecule has 1 aliphatic rings. The zero-order valence-corrected chi connectivity index (χ0v) is 12.5. The molecule has 6 heteroatoms. The molecule has 0 spiro atoms. The molecule has 2 atom stereocenters. The van der Waals surface area contributed by atoms with E-state index in [1.54, 1.807) is 6.92 Å². The van der Waals surface area contributed by atoms with Crippen LogP contribution < -0.4 is 0 Å². The SMILES string of the molecule is CC(Cl)c1nc2c(F)cc(F)cc2n1CCC1CCOC1. The van der Waals surface area contributed by atoms with E-state index in [0.29, 0.717) is 23.8 Å². The number of halogens is 3. The Hall–Kier alpha value is -1.20. The summed E-state index contributed by atoms with van der Waals surface area (Å²) in [6, 6.07) is 2.17. The second-order valence-corrected chi connectivity index (χ2v) is 6.17. The summed E-state index contributed by atoms with van der Waals surface area (Å²) in [6.07, 6.45) is 1.92. The van der Waals surface area contributed by atoms with Gasteiger partial charge in [0.25, 0.3) is 0 Å². The standard InChI is InChI=1S/C15H17ClF2N2O/c1-9(16)15-19-14-12(18)6-11(17)7-13(14)20(15)4-2-10-3-5-21-8-10/h6-7,9-10H,2-5,8H2,1H3. The lowest BCUT2D eigenvalue weighted by atomic mass is 10.1. The number of benzene rings is 1. The first kappa shape index (κ1) is 14.7. The van der Waals surface area contributed by atoms with E-state index in [1.165, 1.54) is 6.07 Å². The van der Waals surface area contributed by atoms with E-state index < -0.39 is 11.6 Å². The van der Waals surface area contributed by atoms with Crippen molar-refractivity contribution < 1.29 is 13.5 Å². The monoisotopic (exact) mass is 314 g/mol. The minimum atomic E-state index is -0.647. The summed E-state index contributed by atoms with van der Waals surface area (Å²) in [5.41, 5.74) is 0.649. The molecule has 0 aliphatic carbocycles. The molecule has 2 aromatic rings. The minimum absolute atomic E-state index is 0.182. The normalized spacial score (nSPS) is 20.3. The third-order valence-corrected chi connectivity index (χ3v) is 4.14. The molecule has 2 unspecified atom stereocenters. The molecule has 0 N–H and O–H groups in total. The third-order valence-electron chi connectivity index (χ3n) is 3.94. The smallest absolute Gasteiger partial charge is 0.153 e. The second-order valence-electron chi connectivity index (χ2n) is 5.51. The Morgan fingerprint density at radius 1 is 1.48 bits per heavy atom. The van der Waals surface area contributed by atoms with Gasteiger partial charge in [-0.1, -0.05) is 0 Å². The molecule has 114 valence electrons. The minimum Gasteiger partial charge on any atom is -0.381 e. The molecule has 0 saturated carbocycles. The average Bonchev–Trinajstić information content (AvgIpc) is 3.03. The Labute approximate surface area is 126 Å². The number of aryl methyl sites for hydroxylation is 1. The van der Waals surface area contributed by atoms with E-state index in [2.05, 4.69) is 4.98 Å². The molecule has 21 heavy (non-hydrogen) atoms. The number of imidazole rings is 1. The molecule has 3 nitrogen and oxygen atoms in total. The summed E-state index contributed by atoms with van der Waals surface area (Å²) in [6.45, 7) is 3.96. The van der Waals surface area contributed by atoms with Crippen molar-refractivity contribution in [2.24, 2.45) is 5.92 Å². The van der Waals surface area contributed by atoms with Crippen molar-refractivity contribution in [2.45, 2.75) is 31.7 Å². The van der Waals surface area contributed by atoms with Gasteiger partial charge >= 0.3 is 0 Å². The van der Waals surface area contributed by atoms with Crippen LogP contribution >= 0.6 is 11.6 Å². The summed E-state index contributed by atoms with van der Waals surface area (Å²) < 4.78 is 34.6. The molecule has 2 heterocycles. The number of hydrogen-bond acceptors (Lipinski definition) is 2. The van der Waals surface area contributed by atoms with Crippen LogP contribution in [0.25, 0.3) is 11.0 Å². The maximum absolute atomic E-state index is 13.9. The maximum Gasteiger partial charge on any atom is 0.153 e. The van der Waals surface area contributed by atoms with Crippen LogP contribution in [0.1, 0.15) is 31.0 Å². The molecule has 1 aromatic heterocycles.